The van der Waals surface area contributed by atoms with E-state index in [1.807, 2.05) is 12.1 Å². The van der Waals surface area contributed by atoms with Crippen LogP contribution in [-0.4, -0.2) is 34.8 Å². The second-order valence-corrected chi connectivity index (χ2v) is 8.32. The molecule has 0 saturated carbocycles. The van der Waals surface area contributed by atoms with Gasteiger partial charge in [-0.1, -0.05) is 36.4 Å². The van der Waals surface area contributed by atoms with Gasteiger partial charge in [0.15, 0.2) is 0 Å². The van der Waals surface area contributed by atoms with Gasteiger partial charge in [0.25, 0.3) is 0 Å². The van der Waals surface area contributed by atoms with Gasteiger partial charge in [-0.05, 0) is 67.3 Å². The first-order valence-electron chi connectivity index (χ1n) is 10.5. The van der Waals surface area contributed by atoms with Gasteiger partial charge in [-0.3, -0.25) is 4.90 Å². The van der Waals surface area contributed by atoms with Crippen LogP contribution in [0, 0.1) is 5.92 Å². The van der Waals surface area contributed by atoms with Crippen LogP contribution in [0.25, 0.3) is 10.9 Å². The molecule has 150 valence electrons. The molecule has 0 bridgehead atoms. The molecule has 1 fully saturated rings. The summed E-state index contributed by atoms with van der Waals surface area (Å²) < 4.78 is 7.58. The number of allylic oxidation sites excluding steroid dienone is 1. The number of aromatic nitrogens is 1. The summed E-state index contributed by atoms with van der Waals surface area (Å²) in [7, 11) is 1.69. The van der Waals surface area contributed by atoms with E-state index in [-0.39, 0.29) is 0 Å². The van der Waals surface area contributed by atoms with Crippen molar-refractivity contribution in [1.29, 1.82) is 0 Å². The van der Waals surface area contributed by atoms with Crippen molar-refractivity contribution in [2.45, 2.75) is 32.0 Å². The van der Waals surface area contributed by atoms with Gasteiger partial charge in [0.1, 0.15) is 11.9 Å². The van der Waals surface area contributed by atoms with E-state index in [1.165, 1.54) is 11.1 Å². The number of ether oxygens (including phenoxy) is 1. The van der Waals surface area contributed by atoms with Gasteiger partial charge in [-0.2, -0.15) is 0 Å². The second-order valence-electron chi connectivity index (χ2n) is 8.32. The maximum atomic E-state index is 10.9. The highest BCUT2D eigenvalue weighted by Gasteiger charge is 2.29. The molecule has 29 heavy (non-hydrogen) atoms. The van der Waals surface area contributed by atoms with Crippen molar-refractivity contribution in [2.24, 2.45) is 5.92 Å². The highest BCUT2D eigenvalue weighted by Crippen LogP contribution is 2.38. The molecule has 0 aliphatic carbocycles. The minimum absolute atomic E-state index is 0.490. The van der Waals surface area contributed by atoms with Gasteiger partial charge >= 0.3 is 0 Å². The molecule has 1 unspecified atom stereocenters. The molecule has 3 heterocycles. The maximum absolute atomic E-state index is 10.9. The number of methoxy groups -OCH3 is 1. The van der Waals surface area contributed by atoms with E-state index < -0.39 is 6.10 Å². The number of benzene rings is 2. The molecule has 4 nitrogen and oxygen atoms in total. The van der Waals surface area contributed by atoms with Crippen LogP contribution in [0.3, 0.4) is 0 Å². The summed E-state index contributed by atoms with van der Waals surface area (Å²) in [4.78, 5) is 2.54. The predicted molar refractivity (Wildman–Crippen MR) is 116 cm³/mol. The lowest BCUT2D eigenvalue weighted by Crippen LogP contribution is -2.32. The predicted octanol–water partition coefficient (Wildman–Crippen LogP) is 4.54. The Morgan fingerprint density at radius 2 is 1.86 bits per heavy atom. The fraction of sp³-hybridized carbons (Fsp3) is 0.360. The monoisotopic (exact) mass is 388 g/mol. The number of hydrogen-bond acceptors (Lipinski definition) is 3. The van der Waals surface area contributed by atoms with Crippen LogP contribution in [0.15, 0.2) is 66.2 Å². The quantitative estimate of drug-likeness (QED) is 0.667. The molecular weight excluding hydrogens is 360 g/mol. The van der Waals surface area contributed by atoms with E-state index >= 15 is 0 Å². The zero-order valence-corrected chi connectivity index (χ0v) is 16.9. The van der Waals surface area contributed by atoms with E-state index in [0.29, 0.717) is 5.92 Å². The highest BCUT2D eigenvalue weighted by atomic mass is 16.5. The molecule has 1 atom stereocenters. The lowest BCUT2D eigenvalue weighted by molar-refractivity contribution is 0.191. The Labute approximate surface area is 172 Å². The Bertz CT molecular complexity index is 1030. The topological polar surface area (TPSA) is 37.6 Å². The fourth-order valence-electron chi connectivity index (χ4n) is 4.83. The average Bonchev–Trinajstić information content (AvgIpc) is 3.26. The number of rotatable bonds is 4. The molecule has 2 aliphatic heterocycles. The number of fused-ring (bicyclic) bond motifs is 3. The van der Waals surface area contributed by atoms with Crippen molar-refractivity contribution < 1.29 is 9.84 Å². The molecular formula is C25H28N2O2. The molecule has 0 radical (unpaired) electrons. The Morgan fingerprint density at radius 1 is 1.07 bits per heavy atom. The fourth-order valence-corrected chi connectivity index (χ4v) is 4.83. The molecule has 1 N–H and O–H groups in total. The van der Waals surface area contributed by atoms with Gasteiger partial charge in [-0.25, -0.2) is 0 Å². The zero-order valence-electron chi connectivity index (χ0n) is 16.9. The summed E-state index contributed by atoms with van der Waals surface area (Å²) in [6, 6.07) is 18.9. The number of likely N-dealkylation sites (tertiary alicyclic amines) is 1. The molecule has 0 amide bonds. The highest BCUT2D eigenvalue weighted by molar-refractivity contribution is 5.83. The Kier molecular flexibility index (Phi) is 4.90. The summed E-state index contributed by atoms with van der Waals surface area (Å²) >= 11 is 0. The van der Waals surface area contributed by atoms with Gasteiger partial charge in [0.2, 0.25) is 0 Å². The molecule has 3 aromatic rings. The minimum Gasteiger partial charge on any atom is -0.497 e. The van der Waals surface area contributed by atoms with Gasteiger partial charge in [-0.15, -0.1) is 0 Å². The third-order valence-electron chi connectivity index (χ3n) is 6.44. The SMILES string of the molecule is COc1ccc2c(c1)cc1n2CC(=CC2CCN(Cc3ccccc3)CC2)C1O. The van der Waals surface area contributed by atoms with Crippen molar-refractivity contribution in [3.05, 3.63) is 77.5 Å². The number of aliphatic hydroxyl groups is 1. The van der Waals surface area contributed by atoms with Crippen LogP contribution in [0.2, 0.25) is 0 Å². The van der Waals surface area contributed by atoms with Crippen molar-refractivity contribution >= 4 is 10.9 Å². The summed E-state index contributed by atoms with van der Waals surface area (Å²) in [6.45, 7) is 4.06. The van der Waals surface area contributed by atoms with Gasteiger partial charge < -0.3 is 14.4 Å². The van der Waals surface area contributed by atoms with Gasteiger partial charge in [0.05, 0.1) is 12.8 Å². The van der Waals surface area contributed by atoms with E-state index in [9.17, 15) is 5.11 Å². The number of piperidine rings is 1. The summed E-state index contributed by atoms with van der Waals surface area (Å²) in [5, 5.41) is 12.0. The zero-order chi connectivity index (χ0) is 19.8. The first-order valence-corrected chi connectivity index (χ1v) is 10.5. The van der Waals surface area contributed by atoms with Crippen molar-refractivity contribution in [3.63, 3.8) is 0 Å². The summed E-state index contributed by atoms with van der Waals surface area (Å²) in [6.07, 6.45) is 4.19. The molecule has 2 aliphatic rings. The lowest BCUT2D eigenvalue weighted by Gasteiger charge is -2.31. The van der Waals surface area contributed by atoms with Crippen molar-refractivity contribution in [2.75, 3.05) is 20.2 Å². The molecule has 4 heteroatoms. The van der Waals surface area contributed by atoms with E-state index in [2.05, 4.69) is 58.0 Å². The number of hydrogen-bond donors (Lipinski definition) is 1. The number of nitrogens with zero attached hydrogens (tertiary/aromatic N) is 2. The smallest absolute Gasteiger partial charge is 0.119 e. The summed E-state index contributed by atoms with van der Waals surface area (Å²) in [5.41, 5.74) is 4.71. The summed E-state index contributed by atoms with van der Waals surface area (Å²) in [5.74, 6) is 1.41. The average molecular weight is 389 g/mol. The van der Waals surface area contributed by atoms with E-state index in [0.717, 1.165) is 61.4 Å². The first kappa shape index (κ1) is 18.5. The number of aliphatic hydroxyl groups excluding tert-OH is 1. The third-order valence-corrected chi connectivity index (χ3v) is 6.44. The van der Waals surface area contributed by atoms with Crippen LogP contribution < -0.4 is 4.74 Å². The normalized spacial score (nSPS) is 21.7. The molecule has 5 rings (SSSR count). The largest absolute Gasteiger partial charge is 0.497 e. The molecule has 0 spiro atoms. The Morgan fingerprint density at radius 3 is 2.62 bits per heavy atom. The third kappa shape index (κ3) is 3.59. The molecule has 1 saturated heterocycles. The van der Waals surface area contributed by atoms with Crippen LogP contribution in [0.1, 0.15) is 30.2 Å². The standard InChI is InChI=1S/C25H28N2O2/c1-29-22-7-8-23-20(14-22)15-24-25(28)21(17-27(23)24)13-18-9-11-26(12-10-18)16-19-5-3-2-4-6-19/h2-8,13-15,18,25,28H,9-12,16-17H2,1H3. The van der Waals surface area contributed by atoms with E-state index in [4.69, 9.17) is 4.74 Å². The van der Waals surface area contributed by atoms with E-state index in [1.54, 1.807) is 7.11 Å². The van der Waals surface area contributed by atoms with Crippen LogP contribution >= 0.6 is 0 Å². The van der Waals surface area contributed by atoms with Crippen molar-refractivity contribution in [3.8, 4) is 5.75 Å². The van der Waals surface area contributed by atoms with Crippen LogP contribution in [-0.2, 0) is 13.1 Å². The Hall–Kier alpha value is -2.56. The van der Waals surface area contributed by atoms with Crippen LogP contribution in [0.4, 0.5) is 0 Å². The Balaban J connectivity index is 1.26. The lowest BCUT2D eigenvalue weighted by atomic mass is 9.93. The molecule has 2 aromatic carbocycles. The van der Waals surface area contributed by atoms with Gasteiger partial charge in [0, 0.05) is 24.0 Å². The maximum Gasteiger partial charge on any atom is 0.119 e. The second kappa shape index (κ2) is 7.69. The first-order chi connectivity index (χ1) is 14.2. The van der Waals surface area contributed by atoms with Crippen molar-refractivity contribution in [1.82, 2.24) is 9.47 Å². The minimum atomic E-state index is -0.490. The molecule has 1 aromatic heterocycles. The van der Waals surface area contributed by atoms with Crippen LogP contribution in [0.5, 0.6) is 5.75 Å².